The van der Waals surface area contributed by atoms with Crippen LogP contribution in [0, 0.1) is 0 Å². The van der Waals surface area contributed by atoms with Gasteiger partial charge in [0.15, 0.2) is 0 Å². The van der Waals surface area contributed by atoms with Crippen molar-refractivity contribution in [1.82, 2.24) is 15.1 Å². The molecule has 0 spiro atoms. The Labute approximate surface area is 95.8 Å². The van der Waals surface area contributed by atoms with E-state index in [1.807, 2.05) is 11.7 Å². The Bertz CT molecular complexity index is 342. The smallest absolute Gasteiger partial charge is 0.0625 e. The van der Waals surface area contributed by atoms with Crippen molar-refractivity contribution < 1.29 is 0 Å². The number of nitrogens with zero attached hydrogens (tertiary/aromatic N) is 2. The van der Waals surface area contributed by atoms with Gasteiger partial charge in [-0.1, -0.05) is 6.92 Å². The molecule has 1 aliphatic carbocycles. The number of aromatic nitrogens is 2. The number of alkyl halides is 1. The largest absolute Gasteiger partial charge is 0.304 e. The third-order valence-electron chi connectivity index (χ3n) is 3.14. The molecule has 1 heterocycles. The molecule has 0 amide bonds. The van der Waals surface area contributed by atoms with E-state index in [1.165, 1.54) is 18.5 Å². The average Bonchev–Trinajstić information content (AvgIpc) is 2.95. The van der Waals surface area contributed by atoms with Crippen molar-refractivity contribution in [3.05, 3.63) is 17.5 Å². The summed E-state index contributed by atoms with van der Waals surface area (Å²) in [4.78, 5) is 0. The van der Waals surface area contributed by atoms with E-state index in [-0.39, 0.29) is 5.54 Å². The zero-order valence-electron chi connectivity index (χ0n) is 9.39. The minimum atomic E-state index is 0.220. The molecule has 1 saturated carbocycles. The Hall–Kier alpha value is -0.540. The van der Waals surface area contributed by atoms with Crippen LogP contribution in [0.2, 0.25) is 0 Å². The highest BCUT2D eigenvalue weighted by atomic mass is 35.5. The maximum Gasteiger partial charge on any atom is 0.0625 e. The summed E-state index contributed by atoms with van der Waals surface area (Å²) >= 11 is 5.91. The molecule has 0 radical (unpaired) electrons. The summed E-state index contributed by atoms with van der Waals surface area (Å²) in [6.45, 7) is 3.00. The van der Waals surface area contributed by atoms with Crippen LogP contribution in [0.15, 0.2) is 6.07 Å². The predicted molar refractivity (Wildman–Crippen MR) is 62.1 cm³/mol. The number of rotatable bonds is 5. The highest BCUT2D eigenvalue weighted by Gasteiger charge is 2.41. The first-order valence-corrected chi connectivity index (χ1v) is 6.05. The maximum absolute atomic E-state index is 5.91. The minimum absolute atomic E-state index is 0.220. The van der Waals surface area contributed by atoms with Crippen LogP contribution in [0.1, 0.15) is 31.2 Å². The second-order valence-corrected chi connectivity index (χ2v) is 4.64. The first-order chi connectivity index (χ1) is 7.19. The lowest BCUT2D eigenvalue weighted by Crippen LogP contribution is -2.32. The van der Waals surface area contributed by atoms with Crippen molar-refractivity contribution in [2.75, 3.05) is 5.88 Å². The Morgan fingerprint density at radius 1 is 1.60 bits per heavy atom. The molecular weight excluding hydrogens is 210 g/mol. The normalized spacial score (nSPS) is 18.1. The number of hydrogen-bond donors (Lipinski definition) is 1. The third-order valence-corrected chi connectivity index (χ3v) is 3.66. The van der Waals surface area contributed by atoms with Crippen LogP contribution in [0.25, 0.3) is 0 Å². The van der Waals surface area contributed by atoms with Gasteiger partial charge in [0.25, 0.3) is 0 Å². The fraction of sp³-hybridized carbons (Fsp3) is 0.727. The summed E-state index contributed by atoms with van der Waals surface area (Å²) in [5, 5.41) is 7.94. The molecule has 15 heavy (non-hydrogen) atoms. The van der Waals surface area contributed by atoms with Crippen LogP contribution in [-0.2, 0) is 20.0 Å². The molecule has 0 saturated heterocycles. The zero-order chi connectivity index (χ0) is 10.9. The van der Waals surface area contributed by atoms with Crippen molar-refractivity contribution in [2.45, 2.75) is 38.3 Å². The van der Waals surface area contributed by atoms with Gasteiger partial charge in [0.2, 0.25) is 0 Å². The van der Waals surface area contributed by atoms with Gasteiger partial charge in [-0.05, 0) is 25.3 Å². The molecule has 1 aliphatic rings. The Balaban J connectivity index is 1.95. The highest BCUT2D eigenvalue weighted by Crippen LogP contribution is 2.36. The highest BCUT2D eigenvalue weighted by molar-refractivity contribution is 6.18. The molecule has 0 unspecified atom stereocenters. The van der Waals surface area contributed by atoms with Crippen LogP contribution in [-0.4, -0.2) is 21.2 Å². The molecule has 0 aromatic carbocycles. The van der Waals surface area contributed by atoms with E-state index in [2.05, 4.69) is 23.4 Å². The zero-order valence-corrected chi connectivity index (χ0v) is 10.1. The molecule has 0 atom stereocenters. The number of nitrogens with one attached hydrogen (secondary N) is 1. The predicted octanol–water partition coefficient (Wildman–Crippen LogP) is 1.84. The molecule has 84 valence electrons. The van der Waals surface area contributed by atoms with E-state index in [1.54, 1.807) is 0 Å². The van der Waals surface area contributed by atoms with Gasteiger partial charge in [-0.2, -0.15) is 5.10 Å². The van der Waals surface area contributed by atoms with E-state index in [0.29, 0.717) is 5.88 Å². The monoisotopic (exact) mass is 227 g/mol. The standard InChI is InChI=1S/C11H18ClN3/c1-3-9-6-10(15(2)14-9)7-13-11(8-12)4-5-11/h6,13H,3-5,7-8H2,1-2H3. The van der Waals surface area contributed by atoms with Gasteiger partial charge >= 0.3 is 0 Å². The van der Waals surface area contributed by atoms with E-state index in [9.17, 15) is 0 Å². The quantitative estimate of drug-likeness (QED) is 0.779. The van der Waals surface area contributed by atoms with Crippen molar-refractivity contribution in [3.63, 3.8) is 0 Å². The topological polar surface area (TPSA) is 29.9 Å². The van der Waals surface area contributed by atoms with Crippen molar-refractivity contribution in [3.8, 4) is 0 Å². The molecule has 3 nitrogen and oxygen atoms in total. The van der Waals surface area contributed by atoms with Crippen LogP contribution in [0.4, 0.5) is 0 Å². The van der Waals surface area contributed by atoms with Crippen LogP contribution in [0.5, 0.6) is 0 Å². The summed E-state index contributed by atoms with van der Waals surface area (Å²) in [5.74, 6) is 0.714. The van der Waals surface area contributed by atoms with Crippen molar-refractivity contribution in [1.29, 1.82) is 0 Å². The third kappa shape index (κ3) is 2.34. The molecule has 1 N–H and O–H groups in total. The Morgan fingerprint density at radius 3 is 2.80 bits per heavy atom. The molecular formula is C11H18ClN3. The van der Waals surface area contributed by atoms with E-state index in [0.717, 1.165) is 18.7 Å². The van der Waals surface area contributed by atoms with Gasteiger partial charge in [-0.25, -0.2) is 0 Å². The van der Waals surface area contributed by atoms with E-state index >= 15 is 0 Å². The van der Waals surface area contributed by atoms with Crippen LogP contribution >= 0.6 is 11.6 Å². The molecule has 2 rings (SSSR count). The number of aryl methyl sites for hydroxylation is 2. The fourth-order valence-corrected chi connectivity index (χ4v) is 2.06. The van der Waals surface area contributed by atoms with Crippen molar-refractivity contribution in [2.24, 2.45) is 7.05 Å². The summed E-state index contributed by atoms with van der Waals surface area (Å²) in [6, 6.07) is 2.16. The first-order valence-electron chi connectivity index (χ1n) is 5.52. The van der Waals surface area contributed by atoms with Crippen LogP contribution in [0.3, 0.4) is 0 Å². The second kappa shape index (κ2) is 4.14. The summed E-state index contributed by atoms with van der Waals surface area (Å²) < 4.78 is 1.95. The molecule has 0 aliphatic heterocycles. The fourth-order valence-electron chi connectivity index (χ4n) is 1.70. The van der Waals surface area contributed by atoms with Crippen LogP contribution < -0.4 is 5.32 Å². The molecule has 0 bridgehead atoms. The van der Waals surface area contributed by atoms with Gasteiger partial charge < -0.3 is 5.32 Å². The van der Waals surface area contributed by atoms with Gasteiger partial charge in [-0.15, -0.1) is 11.6 Å². The van der Waals surface area contributed by atoms with E-state index < -0.39 is 0 Å². The van der Waals surface area contributed by atoms with Crippen molar-refractivity contribution >= 4 is 11.6 Å². The van der Waals surface area contributed by atoms with Gasteiger partial charge in [-0.3, -0.25) is 4.68 Å². The lowest BCUT2D eigenvalue weighted by molar-refractivity contribution is 0.522. The second-order valence-electron chi connectivity index (χ2n) is 4.37. The van der Waals surface area contributed by atoms with Gasteiger partial charge in [0.05, 0.1) is 11.4 Å². The number of halogens is 1. The number of hydrogen-bond acceptors (Lipinski definition) is 2. The minimum Gasteiger partial charge on any atom is -0.304 e. The van der Waals surface area contributed by atoms with Gasteiger partial charge in [0, 0.05) is 25.0 Å². The lowest BCUT2D eigenvalue weighted by Gasteiger charge is -2.13. The SMILES string of the molecule is CCc1cc(CNC2(CCl)CC2)n(C)n1. The summed E-state index contributed by atoms with van der Waals surface area (Å²) in [7, 11) is 2.00. The van der Waals surface area contributed by atoms with Gasteiger partial charge in [0.1, 0.15) is 0 Å². The summed E-state index contributed by atoms with van der Waals surface area (Å²) in [6.07, 6.45) is 3.40. The summed E-state index contributed by atoms with van der Waals surface area (Å²) in [5.41, 5.74) is 2.62. The molecule has 1 aromatic heterocycles. The Kier molecular flexibility index (Phi) is 3.03. The molecule has 1 fully saturated rings. The molecule has 1 aromatic rings. The Morgan fingerprint density at radius 2 is 2.33 bits per heavy atom. The lowest BCUT2D eigenvalue weighted by atomic mass is 10.2. The average molecular weight is 228 g/mol. The molecule has 4 heteroatoms. The first kappa shape index (κ1) is 11.0. The van der Waals surface area contributed by atoms with E-state index in [4.69, 9.17) is 11.6 Å². The maximum atomic E-state index is 5.91.